The molecular weight excluding hydrogens is 376 g/mol. The third-order valence-electron chi connectivity index (χ3n) is 8.18. The summed E-state index contributed by atoms with van der Waals surface area (Å²) in [4.78, 5) is 25.0. The van der Waals surface area contributed by atoms with Gasteiger partial charge in [-0.2, -0.15) is 0 Å². The highest BCUT2D eigenvalue weighted by Crippen LogP contribution is 2.68. The third kappa shape index (κ3) is 3.55. The maximum absolute atomic E-state index is 12.6. The van der Waals surface area contributed by atoms with E-state index in [-0.39, 0.29) is 40.7 Å². The first-order valence-corrected chi connectivity index (χ1v) is 11.5. The summed E-state index contributed by atoms with van der Waals surface area (Å²) in [5, 5.41) is 6.50. The van der Waals surface area contributed by atoms with Gasteiger partial charge in [-0.15, -0.1) is 0 Å². The zero-order valence-electron chi connectivity index (χ0n) is 18.7. The summed E-state index contributed by atoms with van der Waals surface area (Å²) in [5.41, 5.74) is 0.937. The van der Waals surface area contributed by atoms with E-state index in [2.05, 4.69) is 24.5 Å². The van der Waals surface area contributed by atoms with Gasteiger partial charge in [0.05, 0.1) is 6.10 Å². The Labute approximate surface area is 180 Å². The van der Waals surface area contributed by atoms with Crippen LogP contribution in [-0.2, 0) is 9.53 Å². The molecule has 5 nitrogen and oxygen atoms in total. The van der Waals surface area contributed by atoms with Gasteiger partial charge in [0.2, 0.25) is 5.91 Å². The van der Waals surface area contributed by atoms with Crippen LogP contribution < -0.4 is 10.6 Å². The Kier molecular flexibility index (Phi) is 5.69. The number of hydrogen-bond acceptors (Lipinski definition) is 3. The molecule has 2 aliphatic carbocycles. The average molecular weight is 413 g/mol. The predicted octanol–water partition coefficient (Wildman–Crippen LogP) is 3.79. The van der Waals surface area contributed by atoms with Crippen molar-refractivity contribution < 1.29 is 14.3 Å². The molecule has 1 spiro atoms. The molecule has 1 aromatic carbocycles. The Morgan fingerprint density at radius 3 is 2.63 bits per heavy atom. The van der Waals surface area contributed by atoms with Crippen LogP contribution >= 0.6 is 0 Å². The van der Waals surface area contributed by atoms with Crippen molar-refractivity contribution in [1.29, 1.82) is 0 Å². The van der Waals surface area contributed by atoms with Crippen molar-refractivity contribution in [2.75, 3.05) is 13.2 Å². The lowest BCUT2D eigenvalue weighted by Gasteiger charge is -2.53. The Morgan fingerprint density at radius 1 is 1.20 bits per heavy atom. The fourth-order valence-electron chi connectivity index (χ4n) is 6.52. The van der Waals surface area contributed by atoms with Crippen LogP contribution in [0, 0.1) is 28.6 Å². The second-order valence-electron chi connectivity index (χ2n) is 10.5. The molecule has 3 fully saturated rings. The summed E-state index contributed by atoms with van der Waals surface area (Å²) in [7, 11) is 0. The Morgan fingerprint density at radius 2 is 1.93 bits per heavy atom. The predicted molar refractivity (Wildman–Crippen MR) is 117 cm³/mol. The quantitative estimate of drug-likeness (QED) is 0.747. The fourth-order valence-corrected chi connectivity index (χ4v) is 6.52. The first-order chi connectivity index (χ1) is 14.3. The lowest BCUT2D eigenvalue weighted by molar-refractivity contribution is -0.138. The van der Waals surface area contributed by atoms with Crippen LogP contribution in [0.15, 0.2) is 30.3 Å². The largest absolute Gasteiger partial charge is 0.378 e. The molecule has 5 heteroatoms. The molecular formula is C25H36N2O3. The first kappa shape index (κ1) is 21.4. The van der Waals surface area contributed by atoms with Gasteiger partial charge in [-0.1, -0.05) is 45.9 Å². The molecule has 4 rings (SSSR count). The number of nitrogens with one attached hydrogen (secondary N) is 2. The summed E-state index contributed by atoms with van der Waals surface area (Å²) in [5.74, 6) is 1.20. The smallest absolute Gasteiger partial charge is 0.251 e. The van der Waals surface area contributed by atoms with Crippen LogP contribution in [0.25, 0.3) is 0 Å². The first-order valence-electron chi connectivity index (χ1n) is 11.5. The van der Waals surface area contributed by atoms with Crippen molar-refractivity contribution in [3.8, 4) is 0 Å². The average Bonchev–Trinajstić information content (AvgIpc) is 3.21. The second-order valence-corrected chi connectivity index (χ2v) is 10.5. The van der Waals surface area contributed by atoms with Crippen LogP contribution in [0.5, 0.6) is 0 Å². The SMILES string of the molecule is CC(C)C(=O)N[C@@H]1C(C)(C)[C@@H]2C[C@@H]3[C@@H](CCNC(=O)c4ccccc4)OCCC31C2. The van der Waals surface area contributed by atoms with Crippen LogP contribution in [0.2, 0.25) is 0 Å². The van der Waals surface area contributed by atoms with Crippen molar-refractivity contribution in [3.05, 3.63) is 35.9 Å². The minimum atomic E-state index is -0.0303. The van der Waals surface area contributed by atoms with Gasteiger partial charge in [0.15, 0.2) is 0 Å². The summed E-state index contributed by atoms with van der Waals surface area (Å²) in [6.07, 6.45) is 4.34. The minimum Gasteiger partial charge on any atom is -0.378 e. The van der Waals surface area contributed by atoms with Gasteiger partial charge < -0.3 is 15.4 Å². The second kappa shape index (κ2) is 7.99. The maximum atomic E-state index is 12.6. The van der Waals surface area contributed by atoms with E-state index in [1.54, 1.807) is 0 Å². The Balaban J connectivity index is 1.43. The molecule has 2 amide bonds. The summed E-state index contributed by atoms with van der Waals surface area (Å²) in [6.45, 7) is 9.95. The molecule has 0 aromatic heterocycles. The molecule has 2 bridgehead atoms. The molecule has 2 saturated carbocycles. The fraction of sp³-hybridized carbons (Fsp3) is 0.680. The molecule has 30 heavy (non-hydrogen) atoms. The van der Waals surface area contributed by atoms with Gasteiger partial charge in [0.25, 0.3) is 5.91 Å². The standard InChI is InChI=1S/C25H36N2O3/c1-16(2)21(28)27-23-24(3,4)18-14-19-20(30-13-11-25(19,23)15-18)10-12-26-22(29)17-8-6-5-7-9-17/h5-9,16,18-20,23H,10-15H2,1-4H3,(H,26,29)(H,27,28)/t18-,19-,20-,23-,25?/m1/s1. The van der Waals surface area contributed by atoms with Gasteiger partial charge in [-0.25, -0.2) is 0 Å². The van der Waals surface area contributed by atoms with Gasteiger partial charge in [-0.3, -0.25) is 9.59 Å². The zero-order valence-corrected chi connectivity index (χ0v) is 18.7. The van der Waals surface area contributed by atoms with Crippen LogP contribution in [-0.4, -0.2) is 37.1 Å². The normalized spacial score (nSPS) is 33.9. The number of amides is 2. The van der Waals surface area contributed by atoms with E-state index < -0.39 is 0 Å². The lowest BCUT2D eigenvalue weighted by atomic mass is 9.59. The summed E-state index contributed by atoms with van der Waals surface area (Å²) in [6, 6.07) is 9.55. The molecule has 1 aromatic rings. The van der Waals surface area contributed by atoms with E-state index in [1.807, 2.05) is 44.2 Å². The number of ether oxygens (including phenoxy) is 1. The topological polar surface area (TPSA) is 67.4 Å². The van der Waals surface area contributed by atoms with Crippen LogP contribution in [0.4, 0.5) is 0 Å². The van der Waals surface area contributed by atoms with Gasteiger partial charge >= 0.3 is 0 Å². The molecule has 0 radical (unpaired) electrons. The molecule has 3 aliphatic rings. The van der Waals surface area contributed by atoms with Gasteiger partial charge in [-0.05, 0) is 60.5 Å². The zero-order chi connectivity index (χ0) is 21.5. The molecule has 2 N–H and O–H groups in total. The number of carbonyl (C=O) groups is 2. The van der Waals surface area contributed by atoms with E-state index in [4.69, 9.17) is 4.74 Å². The highest BCUT2D eigenvalue weighted by molar-refractivity contribution is 5.94. The molecule has 164 valence electrons. The van der Waals surface area contributed by atoms with Gasteiger partial charge in [0, 0.05) is 30.7 Å². The van der Waals surface area contributed by atoms with E-state index in [9.17, 15) is 9.59 Å². The van der Waals surface area contributed by atoms with E-state index in [0.29, 0.717) is 23.9 Å². The number of hydrogen-bond donors (Lipinski definition) is 2. The Hall–Kier alpha value is -1.88. The molecule has 1 saturated heterocycles. The number of fused-ring (bicyclic) bond motifs is 1. The highest BCUT2D eigenvalue weighted by Gasteiger charge is 2.68. The van der Waals surface area contributed by atoms with Crippen molar-refractivity contribution >= 4 is 11.8 Å². The van der Waals surface area contributed by atoms with Crippen LogP contribution in [0.1, 0.15) is 63.7 Å². The molecule has 1 unspecified atom stereocenters. The van der Waals surface area contributed by atoms with Gasteiger partial charge in [0.1, 0.15) is 0 Å². The van der Waals surface area contributed by atoms with Crippen molar-refractivity contribution in [3.63, 3.8) is 0 Å². The van der Waals surface area contributed by atoms with Crippen LogP contribution in [0.3, 0.4) is 0 Å². The number of rotatable bonds is 6. The lowest BCUT2D eigenvalue weighted by Crippen LogP contribution is -2.60. The minimum absolute atomic E-state index is 0.00128. The van der Waals surface area contributed by atoms with E-state index >= 15 is 0 Å². The number of carbonyl (C=O) groups excluding carboxylic acids is 2. The van der Waals surface area contributed by atoms with E-state index in [0.717, 1.165) is 19.4 Å². The third-order valence-corrected chi connectivity index (χ3v) is 8.18. The highest BCUT2D eigenvalue weighted by atomic mass is 16.5. The molecule has 1 aliphatic heterocycles. The Bertz CT molecular complexity index is 791. The molecule has 5 atom stereocenters. The summed E-state index contributed by atoms with van der Waals surface area (Å²) >= 11 is 0. The van der Waals surface area contributed by atoms with Crippen molar-refractivity contribution in [2.45, 2.75) is 65.5 Å². The number of benzene rings is 1. The monoisotopic (exact) mass is 412 g/mol. The maximum Gasteiger partial charge on any atom is 0.251 e. The van der Waals surface area contributed by atoms with Crippen molar-refractivity contribution in [1.82, 2.24) is 10.6 Å². The molecule has 1 heterocycles. The van der Waals surface area contributed by atoms with E-state index in [1.165, 1.54) is 12.8 Å². The summed E-state index contributed by atoms with van der Waals surface area (Å²) < 4.78 is 6.23. The van der Waals surface area contributed by atoms with Crippen molar-refractivity contribution in [2.24, 2.45) is 28.6 Å².